The maximum absolute atomic E-state index is 12.4. The van der Waals surface area contributed by atoms with Gasteiger partial charge >= 0.3 is 11.8 Å². The molecule has 0 saturated heterocycles. The zero-order valence-corrected chi connectivity index (χ0v) is 15.4. The molecular formula is C21H20N4O3. The minimum absolute atomic E-state index is 0.263. The van der Waals surface area contributed by atoms with E-state index in [1.54, 1.807) is 25.2 Å². The lowest BCUT2D eigenvalue weighted by molar-refractivity contribution is -0.140. The first-order valence-electron chi connectivity index (χ1n) is 9.06. The van der Waals surface area contributed by atoms with Gasteiger partial charge in [0, 0.05) is 41.9 Å². The molecule has 0 fully saturated rings. The lowest BCUT2D eigenvalue weighted by atomic mass is 10.1. The molecule has 0 saturated carbocycles. The predicted molar refractivity (Wildman–Crippen MR) is 106 cm³/mol. The molecule has 2 heterocycles. The summed E-state index contributed by atoms with van der Waals surface area (Å²) in [5, 5.41) is 6.25. The number of anilines is 1. The third-order valence-electron chi connectivity index (χ3n) is 5.02. The van der Waals surface area contributed by atoms with Crippen LogP contribution in [0.4, 0.5) is 5.69 Å². The molecule has 1 aromatic heterocycles. The zero-order chi connectivity index (χ0) is 19.7. The summed E-state index contributed by atoms with van der Waals surface area (Å²) in [7, 11) is 1.65. The molecule has 0 aliphatic carbocycles. The van der Waals surface area contributed by atoms with Crippen LogP contribution in [-0.2, 0) is 20.8 Å². The van der Waals surface area contributed by atoms with Crippen molar-refractivity contribution in [1.82, 2.24) is 15.6 Å². The number of hydrogen-bond donors (Lipinski definition) is 3. The zero-order valence-electron chi connectivity index (χ0n) is 15.4. The summed E-state index contributed by atoms with van der Waals surface area (Å²) in [6.45, 7) is 0.323. The van der Waals surface area contributed by atoms with E-state index in [-0.39, 0.29) is 5.91 Å². The summed E-state index contributed by atoms with van der Waals surface area (Å²) < 4.78 is 0. The Hall–Kier alpha value is -3.61. The summed E-state index contributed by atoms with van der Waals surface area (Å²) in [6, 6.07) is 14.3. The van der Waals surface area contributed by atoms with Gasteiger partial charge in [-0.05, 0) is 24.1 Å². The second-order valence-electron chi connectivity index (χ2n) is 6.73. The fourth-order valence-corrected chi connectivity index (χ4v) is 3.55. The summed E-state index contributed by atoms with van der Waals surface area (Å²) >= 11 is 0. The number of aromatic nitrogens is 1. The molecule has 0 bridgehead atoms. The summed E-state index contributed by atoms with van der Waals surface area (Å²) in [6.07, 6.45) is 2.50. The van der Waals surface area contributed by atoms with E-state index in [9.17, 15) is 14.4 Å². The van der Waals surface area contributed by atoms with Crippen LogP contribution in [0, 0.1) is 0 Å². The lowest BCUT2D eigenvalue weighted by Crippen LogP contribution is -2.44. The van der Waals surface area contributed by atoms with Crippen LogP contribution in [0.25, 0.3) is 10.9 Å². The van der Waals surface area contributed by atoms with Crippen molar-refractivity contribution in [3.8, 4) is 0 Å². The maximum Gasteiger partial charge on any atom is 0.310 e. The van der Waals surface area contributed by atoms with Crippen molar-refractivity contribution in [2.45, 2.75) is 12.5 Å². The topological polar surface area (TPSA) is 94.3 Å². The monoisotopic (exact) mass is 376 g/mol. The van der Waals surface area contributed by atoms with Crippen molar-refractivity contribution in [2.75, 3.05) is 18.5 Å². The van der Waals surface area contributed by atoms with Crippen LogP contribution in [0.3, 0.4) is 0 Å². The van der Waals surface area contributed by atoms with Crippen LogP contribution in [0.2, 0.25) is 0 Å². The first-order chi connectivity index (χ1) is 13.6. The van der Waals surface area contributed by atoms with Crippen LogP contribution >= 0.6 is 0 Å². The van der Waals surface area contributed by atoms with Crippen molar-refractivity contribution >= 4 is 34.3 Å². The van der Waals surface area contributed by atoms with Crippen molar-refractivity contribution < 1.29 is 14.4 Å². The Morgan fingerprint density at radius 3 is 2.68 bits per heavy atom. The Kier molecular flexibility index (Phi) is 4.57. The van der Waals surface area contributed by atoms with Crippen LogP contribution < -0.4 is 15.5 Å². The van der Waals surface area contributed by atoms with Gasteiger partial charge in [-0.15, -0.1) is 0 Å². The van der Waals surface area contributed by atoms with Gasteiger partial charge in [0.15, 0.2) is 0 Å². The van der Waals surface area contributed by atoms with E-state index in [4.69, 9.17) is 0 Å². The van der Waals surface area contributed by atoms with Gasteiger partial charge in [0.1, 0.15) is 6.04 Å². The van der Waals surface area contributed by atoms with Gasteiger partial charge in [0.25, 0.3) is 5.91 Å². The number of rotatable bonds is 4. The molecule has 142 valence electrons. The van der Waals surface area contributed by atoms with E-state index in [1.807, 2.05) is 36.5 Å². The molecule has 4 rings (SSSR count). The van der Waals surface area contributed by atoms with Crippen molar-refractivity contribution in [2.24, 2.45) is 0 Å². The number of benzene rings is 2. The molecule has 1 unspecified atom stereocenters. The minimum atomic E-state index is -0.840. The highest BCUT2D eigenvalue weighted by Gasteiger charge is 2.36. The van der Waals surface area contributed by atoms with E-state index >= 15 is 0 Å². The van der Waals surface area contributed by atoms with Crippen LogP contribution in [0.1, 0.15) is 17.2 Å². The van der Waals surface area contributed by atoms with Gasteiger partial charge in [0.2, 0.25) is 0 Å². The Bertz CT molecular complexity index is 1070. The summed E-state index contributed by atoms with van der Waals surface area (Å²) in [5.74, 6) is -1.83. The maximum atomic E-state index is 12.4. The van der Waals surface area contributed by atoms with E-state index in [0.29, 0.717) is 18.5 Å². The molecule has 3 aromatic rings. The van der Waals surface area contributed by atoms with E-state index in [2.05, 4.69) is 15.6 Å². The highest BCUT2D eigenvalue weighted by atomic mass is 16.2. The largest absolute Gasteiger partial charge is 0.361 e. The van der Waals surface area contributed by atoms with Gasteiger partial charge < -0.3 is 20.5 Å². The average molecular weight is 376 g/mol. The number of hydrogen-bond acceptors (Lipinski definition) is 3. The van der Waals surface area contributed by atoms with E-state index in [1.165, 1.54) is 4.90 Å². The molecule has 3 amide bonds. The Labute approximate surface area is 161 Å². The van der Waals surface area contributed by atoms with Crippen LogP contribution in [0.15, 0.2) is 54.7 Å². The number of carbonyl (C=O) groups excluding carboxylic acids is 3. The second-order valence-corrected chi connectivity index (χ2v) is 6.73. The SMILES string of the molecule is CN1C(=O)C(NC(=O)C(=O)NCCc2c[nH]c3ccccc23)c2ccccc21. The molecule has 1 aliphatic heterocycles. The normalized spacial score (nSPS) is 15.5. The highest BCUT2D eigenvalue weighted by Crippen LogP contribution is 2.34. The number of para-hydroxylation sites is 2. The molecule has 2 aromatic carbocycles. The molecule has 7 heteroatoms. The molecule has 1 atom stereocenters. The van der Waals surface area contributed by atoms with E-state index < -0.39 is 17.9 Å². The number of aromatic amines is 1. The fraction of sp³-hybridized carbons (Fsp3) is 0.190. The number of likely N-dealkylation sites (N-methyl/N-ethyl adjacent to an activating group) is 1. The first kappa shape index (κ1) is 17.8. The molecule has 1 aliphatic rings. The Morgan fingerprint density at radius 2 is 1.82 bits per heavy atom. The average Bonchev–Trinajstić information content (AvgIpc) is 3.23. The van der Waals surface area contributed by atoms with Crippen molar-refractivity contribution in [1.29, 1.82) is 0 Å². The quantitative estimate of drug-likeness (QED) is 0.605. The van der Waals surface area contributed by atoms with Gasteiger partial charge in [-0.3, -0.25) is 14.4 Å². The van der Waals surface area contributed by atoms with Crippen molar-refractivity contribution in [3.63, 3.8) is 0 Å². The fourth-order valence-electron chi connectivity index (χ4n) is 3.55. The van der Waals surface area contributed by atoms with Gasteiger partial charge in [-0.25, -0.2) is 0 Å². The minimum Gasteiger partial charge on any atom is -0.361 e. The molecule has 7 nitrogen and oxygen atoms in total. The number of carbonyl (C=O) groups is 3. The number of H-pyrrole nitrogens is 1. The molecule has 0 radical (unpaired) electrons. The van der Waals surface area contributed by atoms with Gasteiger partial charge in [-0.2, -0.15) is 0 Å². The molecule has 28 heavy (non-hydrogen) atoms. The smallest absolute Gasteiger partial charge is 0.310 e. The van der Waals surface area contributed by atoms with Gasteiger partial charge in [0.05, 0.1) is 0 Å². The summed E-state index contributed by atoms with van der Waals surface area (Å²) in [4.78, 5) is 41.5. The lowest BCUT2D eigenvalue weighted by Gasteiger charge is -2.13. The Balaban J connectivity index is 1.35. The number of fused-ring (bicyclic) bond motifs is 2. The third-order valence-corrected chi connectivity index (χ3v) is 5.02. The van der Waals surface area contributed by atoms with Gasteiger partial charge in [-0.1, -0.05) is 36.4 Å². The second kappa shape index (κ2) is 7.19. The molecule has 0 spiro atoms. The first-order valence-corrected chi connectivity index (χ1v) is 9.06. The third kappa shape index (κ3) is 3.11. The predicted octanol–water partition coefficient (Wildman–Crippen LogP) is 1.66. The number of nitrogens with one attached hydrogen (secondary N) is 3. The van der Waals surface area contributed by atoms with Crippen molar-refractivity contribution in [3.05, 3.63) is 65.9 Å². The number of amides is 3. The van der Waals surface area contributed by atoms with Crippen LogP contribution in [0.5, 0.6) is 0 Å². The molecule has 3 N–H and O–H groups in total. The van der Waals surface area contributed by atoms with Crippen LogP contribution in [-0.4, -0.2) is 36.3 Å². The molecular weight excluding hydrogens is 356 g/mol. The summed E-state index contributed by atoms with van der Waals surface area (Å²) in [5.41, 5.74) is 3.52. The standard InChI is InChI=1S/C21H20N4O3/c1-25-17-9-5-3-7-15(17)18(21(25)28)24-20(27)19(26)22-11-10-13-12-23-16-8-4-2-6-14(13)16/h2-9,12,18,23H,10-11H2,1H3,(H,22,26)(H,24,27). The number of nitrogens with zero attached hydrogens (tertiary/aromatic N) is 1. The Morgan fingerprint density at radius 1 is 1.07 bits per heavy atom. The highest BCUT2D eigenvalue weighted by molar-refractivity contribution is 6.35. The van der Waals surface area contributed by atoms with E-state index in [0.717, 1.165) is 22.2 Å².